The molecule has 0 unspecified atom stereocenters. The summed E-state index contributed by atoms with van der Waals surface area (Å²) in [6.45, 7) is 7.97. The summed E-state index contributed by atoms with van der Waals surface area (Å²) in [6.07, 6.45) is 0.264. The summed E-state index contributed by atoms with van der Waals surface area (Å²) in [7, 11) is 0. The molecule has 0 bridgehead atoms. The number of carbonyl (C=O) groups excluding carboxylic acids is 1. The average Bonchev–Trinajstić information content (AvgIpc) is 2.49. The van der Waals surface area contributed by atoms with Crippen LogP contribution in [0.1, 0.15) is 42.7 Å². The summed E-state index contributed by atoms with van der Waals surface area (Å²) >= 11 is 1.49. The Hall–Kier alpha value is -1.14. The van der Waals surface area contributed by atoms with Crippen molar-refractivity contribution in [1.82, 2.24) is 4.98 Å². The molecule has 1 aromatic heterocycles. The highest BCUT2D eigenvalue weighted by Crippen LogP contribution is 2.11. The minimum absolute atomic E-state index is 0.0103. The van der Waals surface area contributed by atoms with E-state index >= 15 is 0 Å². The summed E-state index contributed by atoms with van der Waals surface area (Å²) in [4.78, 5) is 15.7. The van der Waals surface area contributed by atoms with Crippen LogP contribution in [0, 0.1) is 24.2 Å². The zero-order valence-electron chi connectivity index (χ0n) is 9.55. The number of hydrogen-bond donors (Lipinski definition) is 0. The Labute approximate surface area is 94.7 Å². The van der Waals surface area contributed by atoms with Crippen molar-refractivity contribution < 1.29 is 4.79 Å². The molecule has 0 radical (unpaired) electrons. The monoisotopic (exact) mass is 221 g/mol. The van der Waals surface area contributed by atoms with Crippen molar-refractivity contribution in [2.45, 2.75) is 34.1 Å². The van der Waals surface area contributed by atoms with Gasteiger partial charge in [0.2, 0.25) is 0 Å². The Morgan fingerprint density at radius 1 is 1.53 bits per heavy atom. The van der Waals surface area contributed by atoms with E-state index in [0.29, 0.717) is 5.69 Å². The quantitative estimate of drug-likeness (QED) is 0.567. The highest BCUT2D eigenvalue weighted by atomic mass is 32.1. The normalized spacial score (nSPS) is 10.7. The molecule has 0 aliphatic carbocycles. The lowest BCUT2D eigenvalue weighted by Crippen LogP contribution is -2.01. The van der Waals surface area contributed by atoms with E-state index in [0.717, 1.165) is 5.01 Å². The maximum Gasteiger partial charge on any atom is 0.193 e. The molecule has 0 aliphatic rings. The lowest BCUT2D eigenvalue weighted by atomic mass is 9.98. The molecule has 80 valence electrons. The van der Waals surface area contributed by atoms with Crippen molar-refractivity contribution >= 4 is 17.1 Å². The molecular weight excluding hydrogens is 206 g/mol. The number of aryl methyl sites for hydroxylation is 1. The van der Waals surface area contributed by atoms with Crippen LogP contribution in [0.3, 0.4) is 0 Å². The molecule has 3 heteroatoms. The molecule has 0 atom stereocenters. The number of nitrogens with zero attached hydrogens (tertiary/aromatic N) is 1. The van der Waals surface area contributed by atoms with Crippen molar-refractivity contribution in [3.8, 4) is 11.8 Å². The van der Waals surface area contributed by atoms with Crippen LogP contribution < -0.4 is 0 Å². The average molecular weight is 221 g/mol. The van der Waals surface area contributed by atoms with E-state index in [-0.39, 0.29) is 17.6 Å². The lowest BCUT2D eigenvalue weighted by molar-refractivity contribution is 0.0994. The fourth-order valence-electron chi connectivity index (χ4n) is 0.972. The molecule has 1 aromatic rings. The topological polar surface area (TPSA) is 30.0 Å². The van der Waals surface area contributed by atoms with Crippen molar-refractivity contribution in [3.63, 3.8) is 0 Å². The van der Waals surface area contributed by atoms with Crippen LogP contribution in [0.25, 0.3) is 0 Å². The van der Waals surface area contributed by atoms with Crippen LogP contribution >= 0.6 is 11.3 Å². The van der Waals surface area contributed by atoms with Gasteiger partial charge in [-0.05, 0) is 27.7 Å². The summed E-state index contributed by atoms with van der Waals surface area (Å²) in [5, 5.41) is 2.71. The molecule has 15 heavy (non-hydrogen) atoms. The summed E-state index contributed by atoms with van der Waals surface area (Å²) in [5.41, 5.74) is 0.499. The standard InChI is InChI=1S/C12H15NOS/c1-9-13-10(8-15-9)11(14)6-5-7-12(2,3)4/h8H,6H2,1-4H3. The largest absolute Gasteiger partial charge is 0.291 e. The summed E-state index contributed by atoms with van der Waals surface area (Å²) in [6, 6.07) is 0. The van der Waals surface area contributed by atoms with Gasteiger partial charge in [0, 0.05) is 10.8 Å². The van der Waals surface area contributed by atoms with Crippen LogP contribution in [0.5, 0.6) is 0 Å². The Morgan fingerprint density at radius 2 is 2.20 bits per heavy atom. The number of aromatic nitrogens is 1. The molecule has 0 spiro atoms. The van der Waals surface area contributed by atoms with Gasteiger partial charge >= 0.3 is 0 Å². The number of ketones is 1. The number of hydrogen-bond acceptors (Lipinski definition) is 3. The second kappa shape index (κ2) is 4.59. The first-order chi connectivity index (χ1) is 6.88. The van der Waals surface area contributed by atoms with E-state index < -0.39 is 0 Å². The fourth-order valence-corrected chi connectivity index (χ4v) is 1.59. The lowest BCUT2D eigenvalue weighted by Gasteiger charge is -2.06. The Kier molecular flexibility index (Phi) is 3.65. The summed E-state index contributed by atoms with van der Waals surface area (Å²) in [5.74, 6) is 5.94. The summed E-state index contributed by atoms with van der Waals surface area (Å²) < 4.78 is 0. The van der Waals surface area contributed by atoms with Crippen LogP contribution in [-0.2, 0) is 0 Å². The highest BCUT2D eigenvalue weighted by molar-refractivity contribution is 7.09. The molecule has 0 amide bonds. The zero-order valence-corrected chi connectivity index (χ0v) is 10.4. The first kappa shape index (κ1) is 11.9. The van der Waals surface area contributed by atoms with Crippen LogP contribution in [-0.4, -0.2) is 10.8 Å². The van der Waals surface area contributed by atoms with Gasteiger partial charge in [-0.15, -0.1) is 11.3 Å². The van der Waals surface area contributed by atoms with Crippen molar-refractivity contribution in [2.24, 2.45) is 5.41 Å². The minimum Gasteiger partial charge on any atom is -0.291 e. The van der Waals surface area contributed by atoms with Crippen LogP contribution in [0.2, 0.25) is 0 Å². The van der Waals surface area contributed by atoms with Gasteiger partial charge < -0.3 is 0 Å². The van der Waals surface area contributed by atoms with Crippen molar-refractivity contribution in [3.05, 3.63) is 16.1 Å². The SMILES string of the molecule is Cc1nc(C(=O)CC#CC(C)(C)C)cs1. The fraction of sp³-hybridized carbons (Fsp3) is 0.500. The van der Waals surface area contributed by atoms with Crippen LogP contribution in [0.15, 0.2) is 5.38 Å². The number of thiazole rings is 1. The molecule has 0 aromatic carbocycles. The molecule has 0 saturated heterocycles. The molecule has 0 N–H and O–H groups in total. The predicted octanol–water partition coefficient (Wildman–Crippen LogP) is 3.07. The maximum absolute atomic E-state index is 11.6. The number of Topliss-reactive ketones (excluding diaryl/α,β-unsaturated/α-hetero) is 1. The molecule has 0 aliphatic heterocycles. The minimum atomic E-state index is -0.0434. The molecule has 0 fully saturated rings. The first-order valence-electron chi connectivity index (χ1n) is 4.84. The van der Waals surface area contributed by atoms with Gasteiger partial charge in [-0.1, -0.05) is 11.8 Å². The smallest absolute Gasteiger partial charge is 0.193 e. The van der Waals surface area contributed by atoms with Gasteiger partial charge in [0.05, 0.1) is 11.4 Å². The molecular formula is C12H15NOS. The molecule has 0 saturated carbocycles. The van der Waals surface area contributed by atoms with Gasteiger partial charge in [-0.25, -0.2) is 4.98 Å². The Bertz CT molecular complexity index is 415. The van der Waals surface area contributed by atoms with E-state index in [1.54, 1.807) is 5.38 Å². The molecule has 1 rings (SSSR count). The third kappa shape index (κ3) is 4.26. The van der Waals surface area contributed by atoms with Gasteiger partial charge in [0.15, 0.2) is 5.78 Å². The second-order valence-corrected chi connectivity index (χ2v) is 5.47. The van der Waals surface area contributed by atoms with Gasteiger partial charge in [0.25, 0.3) is 0 Å². The van der Waals surface area contributed by atoms with Gasteiger partial charge in [-0.3, -0.25) is 4.79 Å². The molecule has 2 nitrogen and oxygen atoms in total. The van der Waals surface area contributed by atoms with Crippen LogP contribution in [0.4, 0.5) is 0 Å². The highest BCUT2D eigenvalue weighted by Gasteiger charge is 2.08. The van der Waals surface area contributed by atoms with Gasteiger partial charge in [-0.2, -0.15) is 0 Å². The van der Waals surface area contributed by atoms with Crippen molar-refractivity contribution in [2.75, 3.05) is 0 Å². The van der Waals surface area contributed by atoms with E-state index in [1.165, 1.54) is 11.3 Å². The third-order valence-corrected chi connectivity index (χ3v) is 2.39. The molecule has 1 heterocycles. The van der Waals surface area contributed by atoms with E-state index in [4.69, 9.17) is 0 Å². The predicted molar refractivity (Wildman–Crippen MR) is 63.0 cm³/mol. The maximum atomic E-state index is 11.6. The second-order valence-electron chi connectivity index (χ2n) is 4.40. The number of carbonyl (C=O) groups is 1. The van der Waals surface area contributed by atoms with E-state index in [2.05, 4.69) is 16.8 Å². The Morgan fingerprint density at radius 3 is 2.67 bits per heavy atom. The van der Waals surface area contributed by atoms with Crippen molar-refractivity contribution in [1.29, 1.82) is 0 Å². The first-order valence-corrected chi connectivity index (χ1v) is 5.72. The zero-order chi connectivity index (χ0) is 11.5. The van der Waals surface area contributed by atoms with Gasteiger partial charge in [0.1, 0.15) is 5.69 Å². The van der Waals surface area contributed by atoms with E-state index in [9.17, 15) is 4.79 Å². The Balaban J connectivity index is 2.60. The number of rotatable bonds is 2. The third-order valence-electron chi connectivity index (χ3n) is 1.62. The van der Waals surface area contributed by atoms with E-state index in [1.807, 2.05) is 27.7 Å².